The first kappa shape index (κ1) is 14.5. The molecule has 0 fully saturated rings. The van der Waals surface area contributed by atoms with E-state index in [1.54, 1.807) is 24.3 Å². The maximum Gasteiger partial charge on any atom is 0.372 e. The summed E-state index contributed by atoms with van der Waals surface area (Å²) in [7, 11) is 0. The van der Waals surface area contributed by atoms with Crippen LogP contribution in [-0.4, -0.2) is 17.6 Å². The normalized spacial score (nSPS) is 13.3. The largest absolute Gasteiger partial charge is 0.475 e. The topological polar surface area (TPSA) is 79.5 Å². The van der Waals surface area contributed by atoms with Gasteiger partial charge in [0.2, 0.25) is 5.76 Å². The van der Waals surface area contributed by atoms with Gasteiger partial charge in [-0.1, -0.05) is 24.3 Å². The van der Waals surface area contributed by atoms with Crippen LogP contribution in [0.5, 0.6) is 0 Å². The third kappa shape index (κ3) is 2.25. The summed E-state index contributed by atoms with van der Waals surface area (Å²) < 4.78 is 5.11. The zero-order chi connectivity index (χ0) is 16.7. The lowest BCUT2D eigenvalue weighted by molar-refractivity contribution is 0.0659. The van der Waals surface area contributed by atoms with Gasteiger partial charge in [0.25, 0.3) is 0 Å². The quantitative estimate of drug-likeness (QED) is 0.755. The molecule has 1 aliphatic heterocycles. The molecule has 5 heteroatoms. The molecule has 0 saturated carbocycles. The molecule has 0 bridgehead atoms. The van der Waals surface area contributed by atoms with Gasteiger partial charge in [-0.25, -0.2) is 9.59 Å². The lowest BCUT2D eigenvalue weighted by Crippen LogP contribution is -2.12. The molecule has 1 aliphatic rings. The summed E-state index contributed by atoms with van der Waals surface area (Å²) >= 11 is 0. The van der Waals surface area contributed by atoms with Crippen molar-refractivity contribution in [3.8, 4) is 11.1 Å². The second kappa shape index (κ2) is 5.53. The molecule has 2 aromatic carbocycles. The number of nitrogens with one attached hydrogen (secondary N) is 1. The standard InChI is InChI=1S/C19H15NO4/c21-18(22)17-16(13-5-1-2-6-14(13)19(23)24-17)12-7-8-15-11(10-12)4-3-9-20-15/h1-2,5-8,10,20H,3-4,9H2,(H,21,22). The van der Waals surface area contributed by atoms with E-state index >= 15 is 0 Å². The van der Waals surface area contributed by atoms with Gasteiger partial charge in [-0.05, 0) is 42.2 Å². The number of anilines is 1. The van der Waals surface area contributed by atoms with Gasteiger partial charge in [-0.2, -0.15) is 0 Å². The Morgan fingerprint density at radius 3 is 2.71 bits per heavy atom. The van der Waals surface area contributed by atoms with Crippen LogP contribution in [-0.2, 0) is 6.42 Å². The SMILES string of the molecule is O=C(O)c1oc(=O)c2ccccc2c1-c1ccc2c(c1)CCCN2. The van der Waals surface area contributed by atoms with Crippen LogP contribution in [0.2, 0.25) is 0 Å². The summed E-state index contributed by atoms with van der Waals surface area (Å²) in [5.41, 5.74) is 2.78. The van der Waals surface area contributed by atoms with Crippen LogP contribution in [0, 0.1) is 0 Å². The van der Waals surface area contributed by atoms with Crippen LogP contribution in [0.1, 0.15) is 22.5 Å². The zero-order valence-corrected chi connectivity index (χ0v) is 12.8. The number of aryl methyl sites for hydroxylation is 1. The molecule has 0 spiro atoms. The molecule has 0 unspecified atom stereocenters. The van der Waals surface area contributed by atoms with Crippen molar-refractivity contribution >= 4 is 22.4 Å². The molecule has 4 rings (SSSR count). The van der Waals surface area contributed by atoms with Gasteiger partial charge in [-0.15, -0.1) is 0 Å². The maximum atomic E-state index is 12.1. The molecular formula is C19H15NO4. The van der Waals surface area contributed by atoms with E-state index < -0.39 is 11.6 Å². The monoisotopic (exact) mass is 321 g/mol. The first-order valence-corrected chi connectivity index (χ1v) is 7.81. The smallest absolute Gasteiger partial charge is 0.372 e. The van der Waals surface area contributed by atoms with Crippen molar-refractivity contribution < 1.29 is 14.3 Å². The minimum atomic E-state index is -1.25. The fourth-order valence-electron chi connectivity index (χ4n) is 3.27. The average Bonchev–Trinajstić information content (AvgIpc) is 2.61. The molecule has 3 aromatic rings. The van der Waals surface area contributed by atoms with E-state index in [1.807, 2.05) is 18.2 Å². The van der Waals surface area contributed by atoms with Crippen LogP contribution in [0.25, 0.3) is 21.9 Å². The minimum absolute atomic E-state index is 0.317. The van der Waals surface area contributed by atoms with Crippen molar-refractivity contribution in [1.82, 2.24) is 0 Å². The van der Waals surface area contributed by atoms with Gasteiger partial charge in [0.15, 0.2) is 0 Å². The molecule has 120 valence electrons. The molecule has 1 aromatic heterocycles. The number of carboxylic acid groups (broad SMARTS) is 1. The molecule has 0 amide bonds. The number of aromatic carboxylic acids is 1. The highest BCUT2D eigenvalue weighted by molar-refractivity contribution is 6.05. The van der Waals surface area contributed by atoms with E-state index in [9.17, 15) is 14.7 Å². The van der Waals surface area contributed by atoms with Crippen LogP contribution in [0.15, 0.2) is 51.7 Å². The fraction of sp³-hybridized carbons (Fsp3) is 0.158. The first-order chi connectivity index (χ1) is 11.6. The molecule has 5 nitrogen and oxygen atoms in total. The Bertz CT molecular complexity index is 1020. The minimum Gasteiger partial charge on any atom is -0.475 e. The number of benzene rings is 2. The molecule has 2 heterocycles. The van der Waals surface area contributed by atoms with E-state index in [2.05, 4.69) is 5.32 Å². The van der Waals surface area contributed by atoms with Crippen LogP contribution >= 0.6 is 0 Å². The van der Waals surface area contributed by atoms with Crippen molar-refractivity contribution in [3.05, 3.63) is 64.2 Å². The number of fused-ring (bicyclic) bond motifs is 2. The van der Waals surface area contributed by atoms with Gasteiger partial charge >= 0.3 is 11.6 Å². The van der Waals surface area contributed by atoms with E-state index in [-0.39, 0.29) is 5.76 Å². The van der Waals surface area contributed by atoms with E-state index in [0.29, 0.717) is 16.3 Å². The second-order valence-corrected chi connectivity index (χ2v) is 5.85. The highest BCUT2D eigenvalue weighted by Gasteiger charge is 2.21. The van der Waals surface area contributed by atoms with Gasteiger partial charge in [0, 0.05) is 23.2 Å². The molecule has 0 radical (unpaired) electrons. The van der Waals surface area contributed by atoms with E-state index in [0.717, 1.165) is 36.2 Å². The Morgan fingerprint density at radius 1 is 1.12 bits per heavy atom. The zero-order valence-electron chi connectivity index (χ0n) is 12.8. The second-order valence-electron chi connectivity index (χ2n) is 5.85. The first-order valence-electron chi connectivity index (χ1n) is 7.81. The van der Waals surface area contributed by atoms with Crippen LogP contribution < -0.4 is 10.9 Å². The third-order valence-corrected chi connectivity index (χ3v) is 4.36. The summed E-state index contributed by atoms with van der Waals surface area (Å²) in [5, 5.41) is 13.8. The predicted molar refractivity (Wildman–Crippen MR) is 91.7 cm³/mol. The highest BCUT2D eigenvalue weighted by atomic mass is 16.4. The number of rotatable bonds is 2. The summed E-state index contributed by atoms with van der Waals surface area (Å²) in [6.07, 6.45) is 1.97. The van der Waals surface area contributed by atoms with E-state index in [1.165, 1.54) is 0 Å². The Kier molecular flexibility index (Phi) is 3.34. The summed E-state index contributed by atoms with van der Waals surface area (Å²) in [6, 6.07) is 12.7. The molecule has 0 saturated heterocycles. The fourth-order valence-corrected chi connectivity index (χ4v) is 3.27. The number of carboxylic acids is 1. The van der Waals surface area contributed by atoms with Crippen molar-refractivity contribution in [2.75, 3.05) is 11.9 Å². The number of hydrogen-bond donors (Lipinski definition) is 2. The van der Waals surface area contributed by atoms with Crippen molar-refractivity contribution in [3.63, 3.8) is 0 Å². The highest BCUT2D eigenvalue weighted by Crippen LogP contribution is 2.34. The lowest BCUT2D eigenvalue weighted by atomic mass is 9.94. The number of carbonyl (C=O) groups is 1. The van der Waals surface area contributed by atoms with Crippen LogP contribution in [0.4, 0.5) is 5.69 Å². The predicted octanol–water partition coefficient (Wildman–Crippen LogP) is 3.52. The van der Waals surface area contributed by atoms with Gasteiger partial charge in [0.05, 0.1) is 5.39 Å². The van der Waals surface area contributed by atoms with Crippen LogP contribution in [0.3, 0.4) is 0 Å². The Hall–Kier alpha value is -3.08. The molecule has 0 atom stereocenters. The Labute approximate surface area is 137 Å². The van der Waals surface area contributed by atoms with Crippen molar-refractivity contribution in [1.29, 1.82) is 0 Å². The van der Waals surface area contributed by atoms with Crippen molar-refractivity contribution in [2.45, 2.75) is 12.8 Å². The molecule has 24 heavy (non-hydrogen) atoms. The maximum absolute atomic E-state index is 12.1. The molecule has 2 N–H and O–H groups in total. The summed E-state index contributed by atoms with van der Waals surface area (Å²) in [5.74, 6) is -1.56. The van der Waals surface area contributed by atoms with Gasteiger partial charge in [0.1, 0.15) is 0 Å². The molecular weight excluding hydrogens is 306 g/mol. The Morgan fingerprint density at radius 2 is 1.92 bits per heavy atom. The summed E-state index contributed by atoms with van der Waals surface area (Å²) in [4.78, 5) is 23.7. The van der Waals surface area contributed by atoms with E-state index in [4.69, 9.17) is 4.42 Å². The lowest BCUT2D eigenvalue weighted by Gasteiger charge is -2.19. The van der Waals surface area contributed by atoms with Gasteiger partial charge in [-0.3, -0.25) is 0 Å². The molecule has 0 aliphatic carbocycles. The number of hydrogen-bond acceptors (Lipinski definition) is 4. The third-order valence-electron chi connectivity index (χ3n) is 4.36. The average molecular weight is 321 g/mol. The van der Waals surface area contributed by atoms with Gasteiger partial charge < -0.3 is 14.8 Å². The summed E-state index contributed by atoms with van der Waals surface area (Å²) in [6.45, 7) is 0.940. The Balaban J connectivity index is 2.05. The van der Waals surface area contributed by atoms with Crippen molar-refractivity contribution in [2.24, 2.45) is 0 Å².